The molecule has 1 aliphatic rings. The molecule has 4 rings (SSSR count). The highest BCUT2D eigenvalue weighted by Crippen LogP contribution is 2.32. The summed E-state index contributed by atoms with van der Waals surface area (Å²) in [5.41, 5.74) is 1.81. The lowest BCUT2D eigenvalue weighted by atomic mass is 9.99. The van der Waals surface area contributed by atoms with Crippen molar-refractivity contribution in [1.82, 2.24) is 5.32 Å². The molecule has 3 aromatic carbocycles. The fraction of sp³-hybridized carbons (Fsp3) is 0.115. The summed E-state index contributed by atoms with van der Waals surface area (Å²) >= 11 is 0. The second kappa shape index (κ2) is 8.78. The SMILES string of the molecule is C#CCOc1ccc2ccccc2c1/C=C1\C(=O)NC(=O)N(c2ccc(CC)cc2)C1=O. The number of hydrogen-bond donors (Lipinski definition) is 1. The van der Waals surface area contributed by atoms with Crippen LogP contribution in [0, 0.1) is 12.3 Å². The van der Waals surface area contributed by atoms with Gasteiger partial charge in [0.05, 0.1) is 5.69 Å². The van der Waals surface area contributed by atoms with Crippen molar-refractivity contribution in [1.29, 1.82) is 0 Å². The first-order chi connectivity index (χ1) is 15.5. The smallest absolute Gasteiger partial charge is 0.335 e. The number of imide groups is 2. The summed E-state index contributed by atoms with van der Waals surface area (Å²) in [5, 5.41) is 3.94. The van der Waals surface area contributed by atoms with Gasteiger partial charge in [-0.2, -0.15) is 0 Å². The van der Waals surface area contributed by atoms with Crippen molar-refractivity contribution >= 4 is 40.4 Å². The van der Waals surface area contributed by atoms with E-state index in [4.69, 9.17) is 11.2 Å². The summed E-state index contributed by atoms with van der Waals surface area (Å²) in [6.07, 6.45) is 7.61. The summed E-state index contributed by atoms with van der Waals surface area (Å²) in [6.45, 7) is 2.04. The molecule has 1 saturated heterocycles. The van der Waals surface area contributed by atoms with E-state index in [0.717, 1.165) is 27.7 Å². The van der Waals surface area contributed by atoms with Crippen LogP contribution in [0.2, 0.25) is 0 Å². The molecule has 6 nitrogen and oxygen atoms in total. The van der Waals surface area contributed by atoms with E-state index in [2.05, 4.69) is 11.2 Å². The molecule has 1 fully saturated rings. The van der Waals surface area contributed by atoms with Gasteiger partial charge in [-0.3, -0.25) is 14.9 Å². The van der Waals surface area contributed by atoms with E-state index in [1.54, 1.807) is 18.2 Å². The standard InChI is InChI=1S/C26H20N2O4/c1-3-15-32-23-14-11-18-7-5-6-8-20(18)21(23)16-22-24(29)27-26(31)28(25(22)30)19-12-9-17(4-2)10-13-19/h1,5-14,16H,4,15H2,2H3,(H,27,29,31)/b22-16+. The lowest BCUT2D eigenvalue weighted by Gasteiger charge is -2.26. The topological polar surface area (TPSA) is 75.7 Å². The summed E-state index contributed by atoms with van der Waals surface area (Å²) in [6, 6.07) is 17.4. The van der Waals surface area contributed by atoms with Crippen LogP contribution < -0.4 is 15.0 Å². The number of terminal acetylenes is 1. The van der Waals surface area contributed by atoms with E-state index in [9.17, 15) is 14.4 Å². The number of aryl methyl sites for hydroxylation is 1. The van der Waals surface area contributed by atoms with Crippen LogP contribution in [0.15, 0.2) is 66.2 Å². The minimum atomic E-state index is -0.789. The summed E-state index contributed by atoms with van der Waals surface area (Å²) in [5.74, 6) is 1.37. The van der Waals surface area contributed by atoms with Gasteiger partial charge in [-0.05, 0) is 47.0 Å². The quantitative estimate of drug-likeness (QED) is 0.380. The number of carbonyl (C=O) groups excluding carboxylic acids is 3. The minimum absolute atomic E-state index is 0.0308. The van der Waals surface area contributed by atoms with Crippen LogP contribution in [-0.4, -0.2) is 24.5 Å². The van der Waals surface area contributed by atoms with Crippen LogP contribution in [0.5, 0.6) is 5.75 Å². The Labute approximate surface area is 185 Å². The number of anilines is 1. The molecule has 4 amide bonds. The van der Waals surface area contributed by atoms with E-state index in [0.29, 0.717) is 17.0 Å². The number of barbiturate groups is 1. The van der Waals surface area contributed by atoms with Crippen molar-refractivity contribution in [3.05, 3.63) is 77.4 Å². The zero-order valence-electron chi connectivity index (χ0n) is 17.4. The number of hydrogen-bond acceptors (Lipinski definition) is 4. The molecule has 3 aromatic rings. The highest BCUT2D eigenvalue weighted by atomic mass is 16.5. The third-order valence-electron chi connectivity index (χ3n) is 5.23. The summed E-state index contributed by atoms with van der Waals surface area (Å²) in [7, 11) is 0. The molecular formula is C26H20N2O4. The fourth-order valence-corrected chi connectivity index (χ4v) is 3.59. The predicted molar refractivity (Wildman–Crippen MR) is 123 cm³/mol. The first-order valence-corrected chi connectivity index (χ1v) is 10.1. The van der Waals surface area contributed by atoms with Gasteiger partial charge in [0.2, 0.25) is 0 Å². The Morgan fingerprint density at radius 3 is 2.50 bits per heavy atom. The maximum Gasteiger partial charge on any atom is 0.335 e. The van der Waals surface area contributed by atoms with E-state index in [1.165, 1.54) is 6.08 Å². The molecule has 0 saturated carbocycles. The number of ether oxygens (including phenoxy) is 1. The van der Waals surface area contributed by atoms with E-state index in [-0.39, 0.29) is 12.2 Å². The average Bonchev–Trinajstić information content (AvgIpc) is 2.81. The number of carbonyl (C=O) groups is 3. The van der Waals surface area contributed by atoms with Crippen molar-refractivity contribution in [2.45, 2.75) is 13.3 Å². The zero-order valence-corrected chi connectivity index (χ0v) is 17.4. The van der Waals surface area contributed by atoms with Crippen molar-refractivity contribution in [3.63, 3.8) is 0 Å². The number of amides is 4. The molecule has 0 bridgehead atoms. The van der Waals surface area contributed by atoms with Crippen LogP contribution in [0.4, 0.5) is 10.5 Å². The van der Waals surface area contributed by atoms with Gasteiger partial charge in [0, 0.05) is 5.56 Å². The lowest BCUT2D eigenvalue weighted by Crippen LogP contribution is -2.54. The molecule has 32 heavy (non-hydrogen) atoms. The van der Waals surface area contributed by atoms with E-state index >= 15 is 0 Å². The first-order valence-electron chi connectivity index (χ1n) is 10.1. The predicted octanol–water partition coefficient (Wildman–Crippen LogP) is 4.08. The van der Waals surface area contributed by atoms with Gasteiger partial charge >= 0.3 is 6.03 Å². The van der Waals surface area contributed by atoms with Gasteiger partial charge < -0.3 is 4.74 Å². The minimum Gasteiger partial charge on any atom is -0.480 e. The molecule has 0 radical (unpaired) electrons. The Hall–Kier alpha value is -4.37. The monoisotopic (exact) mass is 424 g/mol. The maximum atomic E-state index is 13.3. The van der Waals surface area contributed by atoms with Crippen molar-refractivity contribution in [2.75, 3.05) is 11.5 Å². The Balaban J connectivity index is 1.83. The largest absolute Gasteiger partial charge is 0.480 e. The molecule has 0 spiro atoms. The van der Waals surface area contributed by atoms with E-state index in [1.807, 2.05) is 49.4 Å². The molecule has 1 N–H and O–H groups in total. The van der Waals surface area contributed by atoms with Gasteiger partial charge in [-0.15, -0.1) is 6.42 Å². The highest BCUT2D eigenvalue weighted by Gasteiger charge is 2.37. The molecule has 6 heteroatoms. The number of urea groups is 1. The Morgan fingerprint density at radius 1 is 1.03 bits per heavy atom. The Morgan fingerprint density at radius 2 is 1.78 bits per heavy atom. The normalized spacial score (nSPS) is 15.1. The third kappa shape index (κ3) is 3.84. The van der Waals surface area contributed by atoms with Crippen LogP contribution >= 0.6 is 0 Å². The number of rotatable bonds is 5. The molecule has 158 valence electrons. The molecule has 0 aliphatic carbocycles. The number of nitrogens with zero attached hydrogens (tertiary/aromatic N) is 1. The lowest BCUT2D eigenvalue weighted by molar-refractivity contribution is -0.122. The molecular weight excluding hydrogens is 404 g/mol. The van der Waals surface area contributed by atoms with Crippen LogP contribution in [-0.2, 0) is 16.0 Å². The van der Waals surface area contributed by atoms with Gasteiger partial charge in [0.1, 0.15) is 17.9 Å². The van der Waals surface area contributed by atoms with Crippen molar-refractivity contribution in [2.24, 2.45) is 0 Å². The average molecular weight is 424 g/mol. The number of nitrogens with one attached hydrogen (secondary N) is 1. The summed E-state index contributed by atoms with van der Waals surface area (Å²) < 4.78 is 5.66. The molecule has 0 unspecified atom stereocenters. The molecule has 1 aliphatic heterocycles. The number of fused-ring (bicyclic) bond motifs is 1. The fourth-order valence-electron chi connectivity index (χ4n) is 3.59. The van der Waals surface area contributed by atoms with Gasteiger partial charge in [-0.1, -0.05) is 55.3 Å². The number of benzene rings is 3. The zero-order chi connectivity index (χ0) is 22.7. The Kier molecular flexibility index (Phi) is 5.73. The second-order valence-corrected chi connectivity index (χ2v) is 7.17. The van der Waals surface area contributed by atoms with Gasteiger partial charge in [0.15, 0.2) is 0 Å². The van der Waals surface area contributed by atoms with Crippen LogP contribution in [0.25, 0.3) is 16.8 Å². The third-order valence-corrected chi connectivity index (χ3v) is 5.23. The summed E-state index contributed by atoms with van der Waals surface area (Å²) in [4.78, 5) is 39.4. The highest BCUT2D eigenvalue weighted by molar-refractivity contribution is 6.39. The van der Waals surface area contributed by atoms with Crippen molar-refractivity contribution in [3.8, 4) is 18.1 Å². The second-order valence-electron chi connectivity index (χ2n) is 7.17. The molecule has 0 atom stereocenters. The molecule has 0 aromatic heterocycles. The van der Waals surface area contributed by atoms with E-state index < -0.39 is 17.8 Å². The van der Waals surface area contributed by atoms with Crippen LogP contribution in [0.1, 0.15) is 18.1 Å². The first kappa shape index (κ1) is 20.9. The van der Waals surface area contributed by atoms with Crippen LogP contribution in [0.3, 0.4) is 0 Å². The van der Waals surface area contributed by atoms with Gasteiger partial charge in [-0.25, -0.2) is 9.69 Å². The maximum absolute atomic E-state index is 13.3. The Bertz CT molecular complexity index is 1300. The van der Waals surface area contributed by atoms with Gasteiger partial charge in [0.25, 0.3) is 11.8 Å². The molecule has 1 heterocycles. The van der Waals surface area contributed by atoms with Crippen molar-refractivity contribution < 1.29 is 19.1 Å².